The van der Waals surface area contributed by atoms with Crippen LogP contribution in [0.25, 0.3) is 0 Å². The van der Waals surface area contributed by atoms with Crippen LogP contribution >= 0.6 is 0 Å². The van der Waals surface area contributed by atoms with Crippen LogP contribution in [0.1, 0.15) is 13.8 Å². The number of carbonyl (C=O) groups is 3. The van der Waals surface area contributed by atoms with Gasteiger partial charge in [0, 0.05) is 0 Å². The lowest BCUT2D eigenvalue weighted by atomic mass is 9.92. The third-order valence-corrected chi connectivity index (χ3v) is 3.03. The van der Waals surface area contributed by atoms with Crippen molar-refractivity contribution < 1.29 is 23.2 Å². The van der Waals surface area contributed by atoms with Gasteiger partial charge in [0.1, 0.15) is 23.2 Å². The number of urea groups is 1. The first kappa shape index (κ1) is 14.1. The summed E-state index contributed by atoms with van der Waals surface area (Å²) in [6.45, 7) is 3.21. The minimum absolute atomic E-state index is 0.344. The molecule has 0 aliphatic carbocycles. The number of halogens is 2. The smallest absolute Gasteiger partial charge is 0.277 e. The summed E-state index contributed by atoms with van der Waals surface area (Å²) in [5, 5.41) is 1.94. The molecule has 0 aromatic heterocycles. The Bertz CT molecular complexity index is 581. The second-order valence-corrected chi connectivity index (χ2v) is 4.76. The molecular weight excluding hydrogens is 270 g/mol. The minimum atomic E-state index is -1.16. The summed E-state index contributed by atoms with van der Waals surface area (Å²) in [6.07, 6.45) is 0. The van der Waals surface area contributed by atoms with Gasteiger partial charge in [-0.3, -0.25) is 14.9 Å². The number of barbiturate groups is 1. The summed E-state index contributed by atoms with van der Waals surface area (Å²) < 4.78 is 27.4. The molecule has 1 atom stereocenters. The van der Waals surface area contributed by atoms with Crippen LogP contribution < -0.4 is 10.2 Å². The van der Waals surface area contributed by atoms with Gasteiger partial charge >= 0.3 is 6.03 Å². The Hall–Kier alpha value is -2.31. The molecule has 5 nitrogen and oxygen atoms in total. The van der Waals surface area contributed by atoms with Crippen molar-refractivity contribution in [3.05, 3.63) is 29.8 Å². The van der Waals surface area contributed by atoms with Crippen LogP contribution in [0.2, 0.25) is 0 Å². The molecule has 0 saturated carbocycles. The Balaban J connectivity index is 2.52. The minimum Gasteiger partial charge on any atom is -0.277 e. The zero-order valence-electron chi connectivity index (χ0n) is 10.8. The number of hydrogen-bond donors (Lipinski definition) is 1. The molecule has 1 unspecified atom stereocenters. The maximum Gasteiger partial charge on any atom is 0.335 e. The molecule has 1 aromatic rings. The van der Waals surface area contributed by atoms with Crippen molar-refractivity contribution in [1.82, 2.24) is 5.32 Å². The van der Waals surface area contributed by atoms with Gasteiger partial charge in [-0.1, -0.05) is 19.9 Å². The van der Waals surface area contributed by atoms with E-state index in [2.05, 4.69) is 0 Å². The number of rotatable bonds is 2. The topological polar surface area (TPSA) is 66.5 Å². The third kappa shape index (κ3) is 2.15. The average molecular weight is 282 g/mol. The van der Waals surface area contributed by atoms with Crippen LogP contribution in [-0.4, -0.2) is 17.8 Å². The summed E-state index contributed by atoms with van der Waals surface area (Å²) in [5.41, 5.74) is -0.770. The van der Waals surface area contributed by atoms with Crippen LogP contribution in [0, 0.1) is 23.5 Å². The number of amides is 4. The van der Waals surface area contributed by atoms with Gasteiger partial charge in [0.05, 0.1) is 0 Å². The molecule has 0 bridgehead atoms. The lowest BCUT2D eigenvalue weighted by Crippen LogP contribution is -2.59. The number of imide groups is 2. The Morgan fingerprint density at radius 2 is 1.70 bits per heavy atom. The van der Waals surface area contributed by atoms with Gasteiger partial charge in [0.15, 0.2) is 0 Å². The standard InChI is InChI=1S/C13H12F2N2O3/c1-6(2)9-11(18)16-13(20)17(12(9)19)10-7(14)4-3-5-8(10)15/h3-6,9H,1-2H3,(H,16,18,20). The second kappa shape index (κ2) is 4.99. The summed E-state index contributed by atoms with van der Waals surface area (Å²) in [6, 6.07) is 1.83. The maximum absolute atomic E-state index is 13.7. The van der Waals surface area contributed by atoms with Gasteiger partial charge in [-0.15, -0.1) is 0 Å². The largest absolute Gasteiger partial charge is 0.335 e. The van der Waals surface area contributed by atoms with Gasteiger partial charge in [-0.2, -0.15) is 0 Å². The number of benzene rings is 1. The number of carbonyl (C=O) groups excluding carboxylic acids is 3. The van der Waals surface area contributed by atoms with E-state index in [4.69, 9.17) is 0 Å². The fraction of sp³-hybridized carbons (Fsp3) is 0.308. The molecule has 1 N–H and O–H groups in total. The van der Waals surface area contributed by atoms with Crippen molar-refractivity contribution in [2.75, 3.05) is 4.90 Å². The number of hydrogen-bond acceptors (Lipinski definition) is 3. The Morgan fingerprint density at radius 3 is 2.20 bits per heavy atom. The fourth-order valence-corrected chi connectivity index (χ4v) is 2.09. The SMILES string of the molecule is CC(C)C1C(=O)NC(=O)N(c2c(F)cccc2F)C1=O. The Kier molecular flexibility index (Phi) is 3.52. The van der Waals surface area contributed by atoms with Crippen LogP contribution in [0.5, 0.6) is 0 Å². The second-order valence-electron chi connectivity index (χ2n) is 4.76. The van der Waals surface area contributed by atoms with E-state index in [1.807, 2.05) is 5.32 Å². The normalized spacial score (nSPS) is 19.6. The fourth-order valence-electron chi connectivity index (χ4n) is 2.09. The van der Waals surface area contributed by atoms with Crippen molar-refractivity contribution >= 4 is 23.5 Å². The predicted molar refractivity (Wildman–Crippen MR) is 65.7 cm³/mol. The van der Waals surface area contributed by atoms with Crippen molar-refractivity contribution in [2.45, 2.75) is 13.8 Å². The first-order chi connectivity index (χ1) is 9.34. The molecule has 4 amide bonds. The first-order valence-corrected chi connectivity index (χ1v) is 5.97. The molecule has 1 saturated heterocycles. The van der Waals surface area contributed by atoms with Gasteiger partial charge in [0.25, 0.3) is 0 Å². The highest BCUT2D eigenvalue weighted by atomic mass is 19.1. The highest BCUT2D eigenvalue weighted by molar-refractivity contribution is 6.27. The van der Waals surface area contributed by atoms with Crippen molar-refractivity contribution in [1.29, 1.82) is 0 Å². The third-order valence-electron chi connectivity index (χ3n) is 3.03. The van der Waals surface area contributed by atoms with Crippen molar-refractivity contribution in [2.24, 2.45) is 11.8 Å². The summed E-state index contributed by atoms with van der Waals surface area (Å²) >= 11 is 0. The van der Waals surface area contributed by atoms with Gasteiger partial charge < -0.3 is 0 Å². The zero-order valence-corrected chi connectivity index (χ0v) is 10.8. The number of nitrogens with zero attached hydrogens (tertiary/aromatic N) is 1. The molecule has 20 heavy (non-hydrogen) atoms. The molecule has 7 heteroatoms. The monoisotopic (exact) mass is 282 g/mol. The Morgan fingerprint density at radius 1 is 1.15 bits per heavy atom. The molecule has 106 valence electrons. The summed E-state index contributed by atoms with van der Waals surface area (Å²) in [4.78, 5) is 35.9. The lowest BCUT2D eigenvalue weighted by Gasteiger charge is -2.32. The highest BCUT2D eigenvalue weighted by Crippen LogP contribution is 2.28. The molecule has 1 aliphatic heterocycles. The first-order valence-electron chi connectivity index (χ1n) is 5.97. The zero-order chi connectivity index (χ0) is 15.0. The molecule has 1 heterocycles. The van der Waals surface area contributed by atoms with Crippen molar-refractivity contribution in [3.63, 3.8) is 0 Å². The predicted octanol–water partition coefficient (Wildman–Crippen LogP) is 1.82. The van der Waals surface area contributed by atoms with E-state index in [0.717, 1.165) is 18.2 Å². The van der Waals surface area contributed by atoms with E-state index >= 15 is 0 Å². The quantitative estimate of drug-likeness (QED) is 0.841. The van der Waals surface area contributed by atoms with Gasteiger partial charge in [-0.05, 0) is 18.1 Å². The van der Waals surface area contributed by atoms with Crippen LogP contribution in [0.15, 0.2) is 18.2 Å². The average Bonchev–Trinajstić information content (AvgIpc) is 2.31. The molecule has 1 aromatic carbocycles. The summed E-state index contributed by atoms with van der Waals surface area (Å²) in [5.74, 6) is -5.36. The number of para-hydroxylation sites is 1. The highest BCUT2D eigenvalue weighted by Gasteiger charge is 2.44. The van der Waals surface area contributed by atoms with E-state index in [1.54, 1.807) is 13.8 Å². The summed E-state index contributed by atoms with van der Waals surface area (Å²) in [7, 11) is 0. The lowest BCUT2D eigenvalue weighted by molar-refractivity contribution is -0.136. The van der Waals surface area contributed by atoms with Gasteiger partial charge in [0.2, 0.25) is 11.8 Å². The molecule has 2 rings (SSSR count). The van der Waals surface area contributed by atoms with Gasteiger partial charge in [-0.25, -0.2) is 18.5 Å². The number of anilines is 1. The maximum atomic E-state index is 13.7. The molecule has 0 radical (unpaired) electrons. The molecular formula is C13H12F2N2O3. The van der Waals surface area contributed by atoms with Crippen molar-refractivity contribution in [3.8, 4) is 0 Å². The molecule has 1 fully saturated rings. The van der Waals surface area contributed by atoms with E-state index in [-0.39, 0.29) is 0 Å². The van der Waals surface area contributed by atoms with E-state index < -0.39 is 47.0 Å². The van der Waals surface area contributed by atoms with Crippen LogP contribution in [-0.2, 0) is 9.59 Å². The Labute approximate surface area is 113 Å². The number of nitrogens with one attached hydrogen (secondary N) is 1. The van der Waals surface area contributed by atoms with Crippen LogP contribution in [0.4, 0.5) is 19.3 Å². The van der Waals surface area contributed by atoms with E-state index in [1.165, 1.54) is 0 Å². The van der Waals surface area contributed by atoms with E-state index in [0.29, 0.717) is 4.90 Å². The molecule has 0 spiro atoms. The van der Waals surface area contributed by atoms with E-state index in [9.17, 15) is 23.2 Å². The molecule has 1 aliphatic rings. The van der Waals surface area contributed by atoms with Crippen LogP contribution in [0.3, 0.4) is 0 Å².